The number of ether oxygens (including phenoxy) is 3. The fraction of sp³-hybridized carbons (Fsp3) is 0.385. The quantitative estimate of drug-likeness (QED) is 0.382. The molecule has 0 spiro atoms. The summed E-state index contributed by atoms with van der Waals surface area (Å²) in [7, 11) is -2.57. The average molecular weight is 529 g/mol. The molecule has 5 rings (SSSR count). The molecule has 2 aromatic carbocycles. The van der Waals surface area contributed by atoms with Gasteiger partial charge in [0.1, 0.15) is 12.4 Å². The first-order valence-electron chi connectivity index (χ1n) is 11.9. The molecule has 1 aromatic heterocycles. The number of methoxy groups -OCH3 is 1. The van der Waals surface area contributed by atoms with Crippen LogP contribution in [0.4, 0.5) is 5.69 Å². The second-order valence-corrected chi connectivity index (χ2v) is 11.9. The molecule has 2 heterocycles. The van der Waals surface area contributed by atoms with E-state index in [2.05, 4.69) is 4.98 Å². The Morgan fingerprint density at radius 3 is 2.53 bits per heavy atom. The van der Waals surface area contributed by atoms with Gasteiger partial charge in [0.15, 0.2) is 0 Å². The third-order valence-electron chi connectivity index (χ3n) is 6.48. The number of fused-ring (bicyclic) bond motifs is 1. The first kappa shape index (κ1) is 24.7. The summed E-state index contributed by atoms with van der Waals surface area (Å²) in [6.45, 7) is 2.83. The fourth-order valence-electron chi connectivity index (χ4n) is 4.40. The van der Waals surface area contributed by atoms with Gasteiger partial charge in [-0.1, -0.05) is 12.1 Å². The number of anilines is 1. The summed E-state index contributed by atoms with van der Waals surface area (Å²) >= 11 is 1.12. The van der Waals surface area contributed by atoms with Crippen LogP contribution in [0.3, 0.4) is 0 Å². The lowest BCUT2D eigenvalue weighted by molar-refractivity contribution is -0.0428. The molecule has 0 bridgehead atoms. The van der Waals surface area contributed by atoms with E-state index >= 15 is 0 Å². The number of benzene rings is 2. The second-order valence-electron chi connectivity index (χ2n) is 8.99. The largest absolute Gasteiger partial charge is 0.487 e. The molecular weight excluding hydrogens is 500 g/mol. The molecule has 36 heavy (non-hydrogen) atoms. The van der Waals surface area contributed by atoms with Gasteiger partial charge in [-0.3, -0.25) is 4.31 Å². The fourth-order valence-corrected chi connectivity index (χ4v) is 7.03. The van der Waals surface area contributed by atoms with Crippen molar-refractivity contribution < 1.29 is 27.4 Å². The molecule has 1 aliphatic carbocycles. The van der Waals surface area contributed by atoms with Crippen LogP contribution >= 0.6 is 11.3 Å². The highest BCUT2D eigenvalue weighted by Crippen LogP contribution is 2.39. The molecule has 1 atom stereocenters. The van der Waals surface area contributed by atoms with E-state index in [0.717, 1.165) is 48.1 Å². The molecule has 1 fully saturated rings. The van der Waals surface area contributed by atoms with Crippen LogP contribution in [-0.2, 0) is 38.9 Å². The van der Waals surface area contributed by atoms with Gasteiger partial charge in [0, 0.05) is 17.7 Å². The van der Waals surface area contributed by atoms with Crippen molar-refractivity contribution >= 4 is 33.0 Å². The Morgan fingerprint density at radius 2 is 1.92 bits per heavy atom. The number of aryl methyl sites for hydroxylation is 3. The van der Waals surface area contributed by atoms with Gasteiger partial charge in [-0.25, -0.2) is 9.78 Å². The summed E-state index contributed by atoms with van der Waals surface area (Å²) < 4.78 is 45.7. The van der Waals surface area contributed by atoms with Crippen molar-refractivity contribution in [3.63, 3.8) is 0 Å². The normalized spacial score (nSPS) is 16.8. The van der Waals surface area contributed by atoms with Crippen molar-refractivity contribution in [1.29, 1.82) is 0 Å². The maximum atomic E-state index is 13.8. The number of nitrogens with zero attached hydrogens (tertiary/aromatic N) is 2. The van der Waals surface area contributed by atoms with Gasteiger partial charge in [-0.2, -0.15) is 8.42 Å². The maximum absolute atomic E-state index is 13.8. The summed E-state index contributed by atoms with van der Waals surface area (Å²) in [6.07, 6.45) is 3.49. The van der Waals surface area contributed by atoms with E-state index in [4.69, 9.17) is 14.2 Å². The second kappa shape index (κ2) is 10.2. The molecule has 1 saturated heterocycles. The number of rotatable bonds is 9. The first-order chi connectivity index (χ1) is 17.3. The summed E-state index contributed by atoms with van der Waals surface area (Å²) in [5.41, 5.74) is 4.80. The summed E-state index contributed by atoms with van der Waals surface area (Å²) in [6, 6.07) is 10.9. The predicted octanol–water partition coefficient (Wildman–Crippen LogP) is 4.29. The molecule has 8 nitrogen and oxygen atoms in total. The van der Waals surface area contributed by atoms with Crippen LogP contribution in [0.1, 0.15) is 45.6 Å². The number of hydrogen-bond donors (Lipinski definition) is 0. The van der Waals surface area contributed by atoms with Crippen molar-refractivity contribution in [1.82, 2.24) is 4.98 Å². The summed E-state index contributed by atoms with van der Waals surface area (Å²) in [4.78, 5) is 16.0. The molecule has 1 unspecified atom stereocenters. The molecule has 0 saturated carbocycles. The van der Waals surface area contributed by atoms with Crippen LogP contribution in [0.5, 0.6) is 5.75 Å². The van der Waals surface area contributed by atoms with Crippen LogP contribution in [0.2, 0.25) is 0 Å². The topological polar surface area (TPSA) is 95.0 Å². The summed E-state index contributed by atoms with van der Waals surface area (Å²) in [5.74, 6) is 0.101. The molecule has 190 valence electrons. The smallest absolute Gasteiger partial charge is 0.337 e. The first-order valence-corrected chi connectivity index (χ1v) is 14.2. The lowest BCUT2D eigenvalue weighted by Crippen LogP contribution is -2.43. The number of esters is 1. The van der Waals surface area contributed by atoms with E-state index in [0.29, 0.717) is 29.3 Å². The SMILES string of the molecule is COC(=O)c1ccc(COc2cc3c(cc2N(CC2CCO2)S(=O)(=O)c2nc(C)cs2)CCC3)cc1. The summed E-state index contributed by atoms with van der Waals surface area (Å²) in [5, 5.41) is 1.74. The van der Waals surface area contributed by atoms with Crippen molar-refractivity contribution in [2.24, 2.45) is 0 Å². The van der Waals surface area contributed by atoms with E-state index in [1.165, 1.54) is 17.0 Å². The predicted molar refractivity (Wildman–Crippen MR) is 136 cm³/mol. The van der Waals surface area contributed by atoms with E-state index < -0.39 is 16.0 Å². The highest BCUT2D eigenvalue weighted by Gasteiger charge is 2.35. The van der Waals surface area contributed by atoms with Gasteiger partial charge in [0.25, 0.3) is 10.0 Å². The van der Waals surface area contributed by atoms with Gasteiger partial charge < -0.3 is 14.2 Å². The Hall–Kier alpha value is -2.95. The highest BCUT2D eigenvalue weighted by molar-refractivity contribution is 7.94. The molecule has 1 aliphatic heterocycles. The van der Waals surface area contributed by atoms with Crippen LogP contribution < -0.4 is 9.04 Å². The molecule has 3 aromatic rings. The van der Waals surface area contributed by atoms with Gasteiger partial charge in [-0.15, -0.1) is 11.3 Å². The van der Waals surface area contributed by atoms with Crippen molar-refractivity contribution in [3.8, 4) is 5.75 Å². The zero-order valence-electron chi connectivity index (χ0n) is 20.2. The van der Waals surface area contributed by atoms with E-state index in [1.807, 2.05) is 12.1 Å². The Bertz CT molecular complexity index is 1360. The minimum absolute atomic E-state index is 0.0594. The molecule has 0 N–H and O–H groups in total. The number of aromatic nitrogens is 1. The third kappa shape index (κ3) is 4.98. The third-order valence-corrected chi connectivity index (χ3v) is 9.61. The van der Waals surface area contributed by atoms with Crippen molar-refractivity contribution in [2.75, 3.05) is 24.6 Å². The lowest BCUT2D eigenvalue weighted by atomic mass is 10.1. The maximum Gasteiger partial charge on any atom is 0.337 e. The zero-order valence-corrected chi connectivity index (χ0v) is 21.9. The van der Waals surface area contributed by atoms with Gasteiger partial charge in [0.2, 0.25) is 4.34 Å². The Morgan fingerprint density at radius 1 is 1.19 bits per heavy atom. The van der Waals surface area contributed by atoms with Crippen LogP contribution in [0.25, 0.3) is 0 Å². The monoisotopic (exact) mass is 528 g/mol. The Labute approximate surface area is 214 Å². The van der Waals surface area contributed by atoms with E-state index in [-0.39, 0.29) is 23.6 Å². The van der Waals surface area contributed by atoms with E-state index in [9.17, 15) is 13.2 Å². The molecule has 2 aliphatic rings. The minimum atomic E-state index is -3.92. The highest BCUT2D eigenvalue weighted by atomic mass is 32.2. The number of carbonyl (C=O) groups is 1. The molecule has 0 radical (unpaired) electrons. The molecular formula is C26H28N2O6S2. The minimum Gasteiger partial charge on any atom is -0.487 e. The van der Waals surface area contributed by atoms with Crippen LogP contribution in [-0.4, -0.2) is 45.7 Å². The van der Waals surface area contributed by atoms with Gasteiger partial charge >= 0.3 is 5.97 Å². The Balaban J connectivity index is 1.49. The standard InChI is InChI=1S/C26H28N2O6S2/c1-17-16-35-26(27-17)36(30,31)28(14-22-10-11-33-22)23-12-20-4-3-5-21(20)13-24(23)34-15-18-6-8-19(9-7-18)25(29)32-2/h6-9,12-13,16,22H,3-5,10-11,14-15H2,1-2H3. The molecule has 0 amide bonds. The van der Waals surface area contributed by atoms with Gasteiger partial charge in [-0.05, 0) is 73.6 Å². The van der Waals surface area contributed by atoms with Gasteiger partial charge in [0.05, 0.1) is 31.0 Å². The lowest BCUT2D eigenvalue weighted by Gasteiger charge is -2.33. The number of thiazole rings is 1. The average Bonchev–Trinajstić information content (AvgIpc) is 3.50. The van der Waals surface area contributed by atoms with Crippen LogP contribution in [0, 0.1) is 6.92 Å². The molecule has 10 heteroatoms. The van der Waals surface area contributed by atoms with Crippen LogP contribution in [0.15, 0.2) is 46.1 Å². The van der Waals surface area contributed by atoms with Crippen molar-refractivity contribution in [2.45, 2.75) is 49.7 Å². The number of sulfonamides is 1. The van der Waals surface area contributed by atoms with Crippen molar-refractivity contribution in [3.05, 3.63) is 69.7 Å². The zero-order chi connectivity index (χ0) is 25.3. The number of carbonyl (C=O) groups excluding carboxylic acids is 1. The van der Waals surface area contributed by atoms with E-state index in [1.54, 1.807) is 36.6 Å². The number of hydrogen-bond acceptors (Lipinski definition) is 8. The Kier molecular flexibility index (Phi) is 7.00.